The van der Waals surface area contributed by atoms with Crippen LogP contribution in [0.2, 0.25) is 0 Å². The average molecular weight is 923 g/mol. The number of aromatic nitrogens is 1. The van der Waals surface area contributed by atoms with Gasteiger partial charge in [-0.1, -0.05) is 134 Å². The lowest BCUT2D eigenvalue weighted by atomic mass is 9.36. The number of para-hydroxylation sites is 2. The molecule has 0 saturated heterocycles. The van der Waals surface area contributed by atoms with Gasteiger partial charge in [-0.15, -0.1) is 11.3 Å². The molecule has 348 valence electrons. The summed E-state index contributed by atoms with van der Waals surface area (Å²) in [6, 6.07) is 55.8. The Labute approximate surface area is 416 Å². The van der Waals surface area contributed by atoms with Gasteiger partial charge in [-0.3, -0.25) is 4.90 Å². The van der Waals surface area contributed by atoms with Crippen molar-refractivity contribution >= 4 is 95.2 Å². The molecule has 3 aliphatic rings. The summed E-state index contributed by atoms with van der Waals surface area (Å²) in [6.07, 6.45) is 12.4. The number of hydrogen-bond acceptors (Lipinski definition) is 5. The zero-order valence-electron chi connectivity index (χ0n) is 41.9. The van der Waals surface area contributed by atoms with E-state index >= 15 is 0 Å². The third kappa shape index (κ3) is 8.07. The van der Waals surface area contributed by atoms with Gasteiger partial charge in [0.05, 0.1) is 5.69 Å². The van der Waals surface area contributed by atoms with Crippen LogP contribution in [0.3, 0.4) is 0 Å². The minimum Gasteiger partial charge on any atom is -0.310 e. The fourth-order valence-corrected chi connectivity index (χ4v) is 12.9. The molecule has 4 nitrogen and oxygen atoms in total. The number of aryl methyl sites for hydroxylation is 3. The lowest BCUT2D eigenvalue weighted by Crippen LogP contribution is -2.60. The Morgan fingerprint density at radius 1 is 0.565 bits per heavy atom. The normalized spacial score (nSPS) is 15.1. The van der Waals surface area contributed by atoms with Crippen LogP contribution >= 0.6 is 11.3 Å². The highest BCUT2D eigenvalue weighted by molar-refractivity contribution is 7.33. The molecule has 2 aromatic heterocycles. The number of hydrogen-bond donors (Lipinski definition) is 0. The van der Waals surface area contributed by atoms with Crippen molar-refractivity contribution in [3.8, 4) is 0 Å². The second-order valence-corrected chi connectivity index (χ2v) is 22.4. The molecule has 0 N–H and O–H groups in total. The Hall–Kier alpha value is -6.11. The fraction of sp³-hybridized carbons (Fsp3) is 0.317. The number of anilines is 9. The first kappa shape index (κ1) is 45.3. The molecule has 8 aromatic rings. The van der Waals surface area contributed by atoms with Crippen LogP contribution in [-0.2, 0) is 30.1 Å². The van der Waals surface area contributed by atoms with Crippen molar-refractivity contribution < 1.29 is 0 Å². The molecular formula is C63H67BN4S. The van der Waals surface area contributed by atoms with Gasteiger partial charge in [0.1, 0.15) is 5.82 Å². The SMILES string of the molecule is CCCCc1ccc(N2c3cc(N(c4ccccc4)c4ccccc4)ccc3B3c4sc5ccc(CCCC)cc5c4N(c4ccc5c(c4)C(C)(C)CCC5(C)C)c4cc(CCCC)nc2c43)cc1. The third-order valence-corrected chi connectivity index (χ3v) is 16.8. The molecule has 0 amide bonds. The summed E-state index contributed by atoms with van der Waals surface area (Å²) >= 11 is 1.99. The average Bonchev–Trinajstić information content (AvgIpc) is 3.75. The summed E-state index contributed by atoms with van der Waals surface area (Å²) in [5, 5.41) is 1.36. The second-order valence-electron chi connectivity index (χ2n) is 21.3. The summed E-state index contributed by atoms with van der Waals surface area (Å²) < 4.78 is 2.75. The van der Waals surface area contributed by atoms with Crippen molar-refractivity contribution in [3.05, 3.63) is 174 Å². The number of rotatable bonds is 14. The van der Waals surface area contributed by atoms with Crippen LogP contribution < -0.4 is 30.4 Å². The van der Waals surface area contributed by atoms with Gasteiger partial charge in [0.15, 0.2) is 0 Å². The first-order valence-electron chi connectivity index (χ1n) is 26.1. The molecule has 0 spiro atoms. The predicted molar refractivity (Wildman–Crippen MR) is 299 cm³/mol. The molecule has 1 aliphatic carbocycles. The van der Waals surface area contributed by atoms with Crippen molar-refractivity contribution in [2.24, 2.45) is 0 Å². The van der Waals surface area contributed by atoms with Crippen molar-refractivity contribution in [1.82, 2.24) is 4.98 Å². The minimum absolute atomic E-state index is 0.00973. The maximum Gasteiger partial charge on any atom is 0.266 e. The Morgan fingerprint density at radius 2 is 1.19 bits per heavy atom. The van der Waals surface area contributed by atoms with Crippen LogP contribution in [-0.4, -0.2) is 11.7 Å². The Kier molecular flexibility index (Phi) is 12.0. The van der Waals surface area contributed by atoms with Crippen LogP contribution in [0.4, 0.5) is 51.3 Å². The largest absolute Gasteiger partial charge is 0.310 e. The van der Waals surface area contributed by atoms with Crippen molar-refractivity contribution in [3.63, 3.8) is 0 Å². The summed E-state index contributed by atoms with van der Waals surface area (Å²) in [6.45, 7) is 16.7. The number of fused-ring (bicyclic) bond motifs is 7. The quantitative estimate of drug-likeness (QED) is 0.101. The number of benzene rings is 6. The van der Waals surface area contributed by atoms with Gasteiger partial charge < -0.3 is 9.80 Å². The van der Waals surface area contributed by atoms with E-state index in [4.69, 9.17) is 4.98 Å². The van der Waals surface area contributed by atoms with E-state index in [1.807, 2.05) is 11.3 Å². The maximum atomic E-state index is 5.87. The Bertz CT molecular complexity index is 3110. The second kappa shape index (κ2) is 18.3. The van der Waals surface area contributed by atoms with Crippen molar-refractivity contribution in [2.75, 3.05) is 14.7 Å². The molecule has 6 aromatic carbocycles. The highest BCUT2D eigenvalue weighted by Crippen LogP contribution is 2.52. The molecule has 69 heavy (non-hydrogen) atoms. The van der Waals surface area contributed by atoms with E-state index in [0.717, 1.165) is 66.4 Å². The van der Waals surface area contributed by atoms with Crippen molar-refractivity contribution in [1.29, 1.82) is 0 Å². The predicted octanol–water partition coefficient (Wildman–Crippen LogP) is 16.2. The lowest BCUT2D eigenvalue weighted by Gasteiger charge is -2.44. The van der Waals surface area contributed by atoms with Gasteiger partial charge in [0, 0.05) is 60.4 Å². The zero-order chi connectivity index (χ0) is 47.4. The smallest absolute Gasteiger partial charge is 0.266 e. The van der Waals surface area contributed by atoms with Crippen molar-refractivity contribution in [2.45, 2.75) is 130 Å². The van der Waals surface area contributed by atoms with Gasteiger partial charge in [-0.05, 0) is 174 Å². The molecule has 0 radical (unpaired) electrons. The Morgan fingerprint density at radius 3 is 1.87 bits per heavy atom. The molecule has 0 unspecified atom stereocenters. The highest BCUT2D eigenvalue weighted by atomic mass is 32.1. The van der Waals surface area contributed by atoms with E-state index in [-0.39, 0.29) is 17.5 Å². The first-order chi connectivity index (χ1) is 33.6. The molecule has 0 bridgehead atoms. The fourth-order valence-electron chi connectivity index (χ4n) is 11.6. The topological polar surface area (TPSA) is 22.6 Å². The Balaban J connectivity index is 1.21. The third-order valence-electron chi connectivity index (χ3n) is 15.6. The van der Waals surface area contributed by atoms with Crippen LogP contribution in [0.25, 0.3) is 10.1 Å². The van der Waals surface area contributed by atoms with E-state index in [2.05, 4.69) is 209 Å². The van der Waals surface area contributed by atoms with Crippen LogP contribution in [0, 0.1) is 0 Å². The molecule has 6 heteroatoms. The summed E-state index contributed by atoms with van der Waals surface area (Å²) in [5.41, 5.74) is 19.3. The van der Waals surface area contributed by atoms with E-state index in [1.165, 1.54) is 109 Å². The van der Waals surface area contributed by atoms with Crippen LogP contribution in [0.15, 0.2) is 146 Å². The van der Waals surface area contributed by atoms with Gasteiger partial charge in [0.2, 0.25) is 0 Å². The zero-order valence-corrected chi connectivity index (χ0v) is 42.7. The summed E-state index contributed by atoms with van der Waals surface area (Å²) in [7, 11) is 0. The summed E-state index contributed by atoms with van der Waals surface area (Å²) in [4.78, 5) is 13.5. The number of pyridine rings is 1. The molecule has 4 heterocycles. The molecule has 11 rings (SSSR count). The van der Waals surface area contributed by atoms with E-state index < -0.39 is 0 Å². The van der Waals surface area contributed by atoms with E-state index in [1.54, 1.807) is 0 Å². The van der Waals surface area contributed by atoms with Gasteiger partial charge in [-0.25, -0.2) is 4.98 Å². The number of nitrogens with zero attached hydrogens (tertiary/aromatic N) is 4. The minimum atomic E-state index is -0.00973. The van der Waals surface area contributed by atoms with Crippen LogP contribution in [0.5, 0.6) is 0 Å². The number of unbranched alkanes of at least 4 members (excludes halogenated alkanes) is 3. The molecule has 2 aliphatic heterocycles. The highest BCUT2D eigenvalue weighted by Gasteiger charge is 2.47. The first-order valence-corrected chi connectivity index (χ1v) is 26.9. The van der Waals surface area contributed by atoms with Crippen LogP contribution in [0.1, 0.15) is 128 Å². The molecular weight excluding hydrogens is 856 g/mol. The standard InChI is InChI=1S/C63H67BN4S/c1-8-11-20-43-27-30-48(31-28-43)68-55-42-50(66(46-23-16-14-17-24-46)47-25-18-15-19-26-47)33-35-54(55)64-58-56(40-45(22-13-10-3)65-61(58)68)67(49-32-34-52-53(41-49)63(6,7)38-37-62(52,4)5)59-51-39-44(21-12-9-2)29-36-57(51)69-60(59)64/h14-19,23-36,39-42H,8-13,20-22,37-38H2,1-7H3. The monoisotopic (exact) mass is 923 g/mol. The summed E-state index contributed by atoms with van der Waals surface area (Å²) in [5.74, 6) is 1.05. The van der Waals surface area contributed by atoms with Gasteiger partial charge >= 0.3 is 0 Å². The maximum absolute atomic E-state index is 5.87. The lowest BCUT2D eigenvalue weighted by molar-refractivity contribution is 0.332. The van der Waals surface area contributed by atoms with Gasteiger partial charge in [0.25, 0.3) is 6.71 Å². The van der Waals surface area contributed by atoms with E-state index in [9.17, 15) is 0 Å². The van der Waals surface area contributed by atoms with Gasteiger partial charge in [-0.2, -0.15) is 0 Å². The molecule has 0 fully saturated rings. The number of thiophene rings is 1. The molecule has 0 saturated carbocycles. The molecule has 0 atom stereocenters. The van der Waals surface area contributed by atoms with E-state index in [0.29, 0.717) is 0 Å².